The maximum absolute atomic E-state index is 12.4. The summed E-state index contributed by atoms with van der Waals surface area (Å²) in [5.74, 6) is 2.47. The van der Waals surface area contributed by atoms with Gasteiger partial charge in [0.15, 0.2) is 12.6 Å². The van der Waals surface area contributed by atoms with Crippen LogP contribution in [-0.2, 0) is 21.5 Å². The zero-order chi connectivity index (χ0) is 31.5. The van der Waals surface area contributed by atoms with E-state index in [0.29, 0.717) is 11.5 Å². The minimum atomic E-state index is -1.21. The van der Waals surface area contributed by atoms with Gasteiger partial charge in [-0.3, -0.25) is 0 Å². The molecule has 3 aromatic rings. The molecule has 0 aliphatic carbocycles. The first-order valence-corrected chi connectivity index (χ1v) is 17.5. The molecule has 7 rings (SSSR count). The topological polar surface area (TPSA) is 69.6 Å². The van der Waals surface area contributed by atoms with E-state index in [2.05, 4.69) is 48.2 Å². The molecule has 4 aliphatic heterocycles. The third-order valence-electron chi connectivity index (χ3n) is 10.1. The number of hydrogen-bond acceptors (Lipinski definition) is 7. The number of rotatable bonds is 10. The average molecular weight is 628 g/mol. The molecular formula is C39H49NO6. The fraction of sp³-hybridized carbons (Fsp3) is 0.538. The fourth-order valence-corrected chi connectivity index (χ4v) is 7.67. The second kappa shape index (κ2) is 13.9. The van der Waals surface area contributed by atoms with Crippen LogP contribution in [0.5, 0.6) is 17.2 Å². The summed E-state index contributed by atoms with van der Waals surface area (Å²) in [7, 11) is 0. The van der Waals surface area contributed by atoms with Gasteiger partial charge in [0.05, 0.1) is 19.1 Å². The summed E-state index contributed by atoms with van der Waals surface area (Å²) in [6.45, 7) is 9.18. The van der Waals surface area contributed by atoms with E-state index in [0.717, 1.165) is 86.5 Å². The predicted molar refractivity (Wildman–Crippen MR) is 177 cm³/mol. The zero-order valence-electron chi connectivity index (χ0n) is 27.4. The highest BCUT2D eigenvalue weighted by Gasteiger charge is 2.48. The van der Waals surface area contributed by atoms with Crippen molar-refractivity contribution < 1.29 is 28.8 Å². The average Bonchev–Trinajstić information content (AvgIpc) is 3.05. The Labute approximate surface area is 273 Å². The number of ether oxygens (including phenoxy) is 5. The summed E-state index contributed by atoms with van der Waals surface area (Å²) in [5, 5.41) is 12.4. The Bertz CT molecular complexity index is 1420. The van der Waals surface area contributed by atoms with Crippen molar-refractivity contribution in [1.82, 2.24) is 4.90 Å². The number of benzene rings is 3. The van der Waals surface area contributed by atoms with Crippen LogP contribution in [0, 0.1) is 5.92 Å². The Morgan fingerprint density at radius 1 is 0.804 bits per heavy atom. The summed E-state index contributed by atoms with van der Waals surface area (Å²) in [5.41, 5.74) is 2.92. The van der Waals surface area contributed by atoms with Gasteiger partial charge in [0.2, 0.25) is 0 Å². The molecule has 0 aromatic heterocycles. The lowest BCUT2D eigenvalue weighted by Gasteiger charge is -2.44. The standard InChI is InChI=1S/C39H49NO6/c1-3-20-40-25-28(26-40)23-27-10-12-30(13-11-27)38-37(29-14-16-31(17-15-29)44-35-8-4-6-21-42-35)39(2,41)33-19-18-32(24-34(33)46-38)45-36-9-5-7-22-43-36/h10-19,24,28,35-38,41H,3-9,20-23,25-26H2,1-2H3. The van der Waals surface area contributed by atoms with Gasteiger partial charge >= 0.3 is 0 Å². The summed E-state index contributed by atoms with van der Waals surface area (Å²) in [6, 6.07) is 22.7. The van der Waals surface area contributed by atoms with E-state index in [9.17, 15) is 5.11 Å². The highest BCUT2D eigenvalue weighted by Crippen LogP contribution is 2.54. The van der Waals surface area contributed by atoms with E-state index in [-0.39, 0.29) is 18.5 Å². The molecule has 4 aliphatic rings. The third-order valence-corrected chi connectivity index (χ3v) is 10.1. The van der Waals surface area contributed by atoms with Crippen molar-refractivity contribution in [2.24, 2.45) is 5.92 Å². The van der Waals surface area contributed by atoms with Gasteiger partial charge in [-0.2, -0.15) is 0 Å². The second-order valence-corrected chi connectivity index (χ2v) is 13.8. The van der Waals surface area contributed by atoms with Crippen LogP contribution in [0.4, 0.5) is 0 Å². The molecule has 0 bridgehead atoms. The van der Waals surface area contributed by atoms with Crippen LogP contribution in [-0.4, -0.2) is 55.4 Å². The number of nitrogens with zero attached hydrogens (tertiary/aromatic N) is 1. The molecule has 4 heterocycles. The van der Waals surface area contributed by atoms with Gasteiger partial charge < -0.3 is 33.7 Å². The Morgan fingerprint density at radius 3 is 2.07 bits per heavy atom. The molecular weight excluding hydrogens is 578 g/mol. The monoisotopic (exact) mass is 627 g/mol. The van der Waals surface area contributed by atoms with Crippen LogP contribution < -0.4 is 14.2 Å². The molecule has 1 N–H and O–H groups in total. The van der Waals surface area contributed by atoms with Gasteiger partial charge in [0.25, 0.3) is 0 Å². The highest BCUT2D eigenvalue weighted by atomic mass is 16.7. The smallest absolute Gasteiger partial charge is 0.199 e. The van der Waals surface area contributed by atoms with Crippen molar-refractivity contribution in [3.63, 3.8) is 0 Å². The van der Waals surface area contributed by atoms with Gasteiger partial charge in [-0.25, -0.2) is 0 Å². The van der Waals surface area contributed by atoms with Gasteiger partial charge in [-0.05, 0) is 98.9 Å². The van der Waals surface area contributed by atoms with E-state index in [1.807, 2.05) is 37.3 Å². The lowest BCUT2D eigenvalue weighted by molar-refractivity contribution is -0.106. The maximum Gasteiger partial charge on any atom is 0.199 e. The summed E-state index contributed by atoms with van der Waals surface area (Å²) in [6.07, 6.45) is 7.57. The van der Waals surface area contributed by atoms with E-state index < -0.39 is 11.7 Å². The molecule has 5 atom stereocenters. The van der Waals surface area contributed by atoms with Gasteiger partial charge in [-0.15, -0.1) is 0 Å². The summed E-state index contributed by atoms with van der Waals surface area (Å²) in [4.78, 5) is 2.54. The Morgan fingerprint density at radius 2 is 1.43 bits per heavy atom. The van der Waals surface area contributed by atoms with Crippen LogP contribution in [0.1, 0.15) is 93.1 Å². The quantitative estimate of drug-likeness (QED) is 0.250. The van der Waals surface area contributed by atoms with Crippen LogP contribution in [0.15, 0.2) is 66.7 Å². The maximum atomic E-state index is 12.4. The van der Waals surface area contributed by atoms with Crippen molar-refractivity contribution in [1.29, 1.82) is 0 Å². The molecule has 3 aromatic carbocycles. The van der Waals surface area contributed by atoms with Crippen molar-refractivity contribution in [3.05, 3.63) is 89.0 Å². The largest absolute Gasteiger partial charge is 0.484 e. The SMILES string of the molecule is CCCN1CC(Cc2ccc(C3Oc4cc(OC5CCCCO5)ccc4C(C)(O)C3c3ccc(OC4CCCCO4)cc3)cc2)C1. The molecule has 0 saturated carbocycles. The Kier molecular flexibility index (Phi) is 9.55. The number of hydrogen-bond donors (Lipinski definition) is 1. The molecule has 7 nitrogen and oxygen atoms in total. The number of aliphatic hydroxyl groups is 1. The van der Waals surface area contributed by atoms with E-state index >= 15 is 0 Å². The fourth-order valence-electron chi connectivity index (χ4n) is 7.67. The van der Waals surface area contributed by atoms with Crippen molar-refractivity contribution in [2.45, 2.75) is 95.4 Å². The molecule has 5 unspecified atom stereocenters. The van der Waals surface area contributed by atoms with Gasteiger partial charge in [0.1, 0.15) is 29.0 Å². The molecule has 3 fully saturated rings. The number of likely N-dealkylation sites (tertiary alicyclic amines) is 1. The molecule has 7 heteroatoms. The molecule has 0 radical (unpaired) electrons. The first kappa shape index (κ1) is 31.5. The van der Waals surface area contributed by atoms with Crippen LogP contribution in [0.25, 0.3) is 0 Å². The zero-order valence-corrected chi connectivity index (χ0v) is 27.4. The molecule has 0 amide bonds. The first-order valence-electron chi connectivity index (χ1n) is 17.5. The third kappa shape index (κ3) is 6.93. The molecule has 246 valence electrons. The van der Waals surface area contributed by atoms with E-state index in [1.165, 1.54) is 31.6 Å². The van der Waals surface area contributed by atoms with Gasteiger partial charge in [0, 0.05) is 37.6 Å². The highest BCUT2D eigenvalue weighted by molar-refractivity contribution is 5.50. The van der Waals surface area contributed by atoms with Crippen LogP contribution >= 0.6 is 0 Å². The Hall–Kier alpha value is -3.10. The second-order valence-electron chi connectivity index (χ2n) is 13.8. The molecule has 3 saturated heterocycles. The molecule has 0 spiro atoms. The van der Waals surface area contributed by atoms with Crippen molar-refractivity contribution in [2.75, 3.05) is 32.8 Å². The van der Waals surface area contributed by atoms with E-state index in [4.69, 9.17) is 23.7 Å². The van der Waals surface area contributed by atoms with E-state index in [1.54, 1.807) is 0 Å². The van der Waals surface area contributed by atoms with Crippen molar-refractivity contribution in [3.8, 4) is 17.2 Å². The minimum Gasteiger partial charge on any atom is -0.484 e. The van der Waals surface area contributed by atoms with Crippen LogP contribution in [0.3, 0.4) is 0 Å². The van der Waals surface area contributed by atoms with Crippen LogP contribution in [0.2, 0.25) is 0 Å². The lowest BCUT2D eigenvalue weighted by Crippen LogP contribution is -2.47. The normalized spacial score (nSPS) is 28.5. The molecule has 46 heavy (non-hydrogen) atoms. The van der Waals surface area contributed by atoms with Crippen molar-refractivity contribution >= 4 is 0 Å². The Balaban J connectivity index is 1.16. The summed E-state index contributed by atoms with van der Waals surface area (Å²) >= 11 is 0. The number of fused-ring (bicyclic) bond motifs is 1. The predicted octanol–water partition coefficient (Wildman–Crippen LogP) is 7.51. The minimum absolute atomic E-state index is 0.205. The summed E-state index contributed by atoms with van der Waals surface area (Å²) < 4.78 is 30.8. The van der Waals surface area contributed by atoms with Gasteiger partial charge in [-0.1, -0.05) is 43.3 Å². The lowest BCUT2D eigenvalue weighted by atomic mass is 9.71. The first-order chi connectivity index (χ1) is 22.5.